The molecule has 0 atom stereocenters. The summed E-state index contributed by atoms with van der Waals surface area (Å²) in [6, 6.07) is 18.4. The smallest absolute Gasteiger partial charge is 0.343 e. The maximum Gasteiger partial charge on any atom is 0.343 e. The molecule has 0 bridgehead atoms. The number of nitrogens with one attached hydrogen (secondary N) is 1. The van der Waals surface area contributed by atoms with Gasteiger partial charge in [-0.25, -0.2) is 14.5 Å². The third-order valence-corrected chi connectivity index (χ3v) is 6.10. The number of unbranched alkanes of at least 4 members (excludes halogenated alkanes) is 1. The molecule has 3 aromatic rings. The summed E-state index contributed by atoms with van der Waals surface area (Å²) in [5.74, 6) is -2.14. The molecule has 194 valence electrons. The van der Waals surface area contributed by atoms with Crippen LogP contribution in [-0.2, 0) is 14.3 Å². The second-order valence-corrected chi connectivity index (χ2v) is 9.03. The predicted octanol–water partition coefficient (Wildman–Crippen LogP) is 5.95. The molecule has 0 unspecified atom stereocenters. The van der Waals surface area contributed by atoms with Gasteiger partial charge in [0, 0.05) is 10.7 Å². The van der Waals surface area contributed by atoms with Crippen LogP contribution in [0.1, 0.15) is 40.5 Å². The first-order chi connectivity index (χ1) is 18.3. The summed E-state index contributed by atoms with van der Waals surface area (Å²) in [6.45, 7) is 2.31. The summed E-state index contributed by atoms with van der Waals surface area (Å²) in [6.07, 6.45) is 1.66. The summed E-state index contributed by atoms with van der Waals surface area (Å²) in [7, 11) is 0. The molecule has 0 aromatic heterocycles. The summed E-state index contributed by atoms with van der Waals surface area (Å²) in [5, 5.41) is 2.99. The van der Waals surface area contributed by atoms with Gasteiger partial charge in [-0.05, 0) is 73.2 Å². The lowest BCUT2D eigenvalue weighted by atomic mass is 10.2. The molecule has 4 rings (SSSR count). The Balaban J connectivity index is 1.42. The lowest BCUT2D eigenvalue weighted by Gasteiger charge is -2.15. The molecule has 1 heterocycles. The Kier molecular flexibility index (Phi) is 8.45. The maximum atomic E-state index is 13.1. The molecule has 0 saturated carbocycles. The Labute approximate surface area is 228 Å². The van der Waals surface area contributed by atoms with Crippen molar-refractivity contribution >= 4 is 58.3 Å². The van der Waals surface area contributed by atoms with E-state index in [1.807, 2.05) is 6.92 Å². The van der Waals surface area contributed by atoms with Crippen molar-refractivity contribution in [1.29, 1.82) is 0 Å². The number of carbonyl (C=O) groups is 4. The largest absolute Gasteiger partial charge is 0.462 e. The highest BCUT2D eigenvalue weighted by Crippen LogP contribution is 2.30. The van der Waals surface area contributed by atoms with Crippen LogP contribution in [0, 0.1) is 0 Å². The summed E-state index contributed by atoms with van der Waals surface area (Å²) >= 11 is 12.1. The number of amides is 2. The van der Waals surface area contributed by atoms with E-state index in [9.17, 15) is 19.2 Å². The fraction of sp³-hybridized carbons (Fsp3) is 0.143. The lowest BCUT2D eigenvalue weighted by Crippen LogP contribution is -2.32. The summed E-state index contributed by atoms with van der Waals surface area (Å²) < 4.78 is 10.5. The number of hydrogen-bond acceptors (Lipinski definition) is 7. The molecule has 1 aliphatic heterocycles. The second-order valence-electron chi connectivity index (χ2n) is 8.22. The minimum Gasteiger partial charge on any atom is -0.462 e. The third kappa shape index (κ3) is 6.04. The molecule has 0 aliphatic carbocycles. The SMILES string of the molecule is CCCCOC(=O)c1ccc(N2C(=O)C(Cl)=C(Nc3ccc(C(=O)Oc4cccc(Cl)c4)cc3)C2=O)cc1. The molecule has 0 radical (unpaired) electrons. The molecule has 0 spiro atoms. The first-order valence-corrected chi connectivity index (χ1v) is 12.4. The predicted molar refractivity (Wildman–Crippen MR) is 143 cm³/mol. The van der Waals surface area contributed by atoms with Crippen LogP contribution in [0.25, 0.3) is 0 Å². The van der Waals surface area contributed by atoms with Crippen LogP contribution in [0.15, 0.2) is 83.5 Å². The minimum atomic E-state index is -0.709. The van der Waals surface area contributed by atoms with Crippen molar-refractivity contribution < 1.29 is 28.7 Å². The third-order valence-electron chi connectivity index (χ3n) is 5.52. The zero-order valence-electron chi connectivity index (χ0n) is 20.2. The number of carbonyl (C=O) groups excluding carboxylic acids is 4. The van der Waals surface area contributed by atoms with Crippen molar-refractivity contribution in [2.24, 2.45) is 0 Å². The Bertz CT molecular complexity index is 1420. The van der Waals surface area contributed by atoms with E-state index in [1.54, 1.807) is 30.3 Å². The van der Waals surface area contributed by atoms with Crippen LogP contribution >= 0.6 is 23.2 Å². The van der Waals surface area contributed by atoms with Crippen molar-refractivity contribution in [3.63, 3.8) is 0 Å². The molecule has 2 amide bonds. The van der Waals surface area contributed by atoms with Crippen LogP contribution in [0.2, 0.25) is 5.02 Å². The number of nitrogens with zero attached hydrogens (tertiary/aromatic N) is 1. The lowest BCUT2D eigenvalue weighted by molar-refractivity contribution is -0.120. The van der Waals surface area contributed by atoms with Gasteiger partial charge in [-0.1, -0.05) is 42.6 Å². The summed E-state index contributed by atoms with van der Waals surface area (Å²) in [4.78, 5) is 51.3. The Morgan fingerprint density at radius 2 is 1.53 bits per heavy atom. The monoisotopic (exact) mass is 552 g/mol. The van der Waals surface area contributed by atoms with E-state index < -0.39 is 23.8 Å². The van der Waals surface area contributed by atoms with E-state index in [-0.39, 0.29) is 22.0 Å². The van der Waals surface area contributed by atoms with Gasteiger partial charge in [-0.3, -0.25) is 9.59 Å². The number of halogens is 2. The molecule has 38 heavy (non-hydrogen) atoms. The van der Waals surface area contributed by atoms with Gasteiger partial charge in [0.2, 0.25) is 0 Å². The second kappa shape index (κ2) is 11.9. The van der Waals surface area contributed by atoms with Gasteiger partial charge in [0.1, 0.15) is 16.5 Å². The van der Waals surface area contributed by atoms with Crippen LogP contribution in [-0.4, -0.2) is 30.4 Å². The van der Waals surface area contributed by atoms with E-state index in [2.05, 4.69) is 5.32 Å². The van der Waals surface area contributed by atoms with Gasteiger partial charge in [0.05, 0.1) is 23.4 Å². The zero-order chi connectivity index (χ0) is 27.2. The van der Waals surface area contributed by atoms with Gasteiger partial charge in [-0.15, -0.1) is 0 Å². The average Bonchev–Trinajstić information content (AvgIpc) is 3.12. The average molecular weight is 553 g/mol. The van der Waals surface area contributed by atoms with Gasteiger partial charge >= 0.3 is 11.9 Å². The number of anilines is 2. The normalized spacial score (nSPS) is 13.1. The van der Waals surface area contributed by atoms with E-state index in [0.717, 1.165) is 17.7 Å². The fourth-order valence-corrected chi connectivity index (χ4v) is 3.91. The molecular formula is C28H22Cl2N2O6. The molecule has 0 saturated heterocycles. The zero-order valence-corrected chi connectivity index (χ0v) is 21.7. The number of hydrogen-bond donors (Lipinski definition) is 1. The van der Waals surface area contributed by atoms with Crippen LogP contribution < -0.4 is 15.0 Å². The molecule has 8 nitrogen and oxygen atoms in total. The van der Waals surface area contributed by atoms with Crippen molar-refractivity contribution in [2.45, 2.75) is 19.8 Å². The van der Waals surface area contributed by atoms with Gasteiger partial charge in [-0.2, -0.15) is 0 Å². The topological polar surface area (TPSA) is 102 Å². The molecule has 1 aliphatic rings. The Morgan fingerprint density at radius 1 is 0.868 bits per heavy atom. The highest BCUT2D eigenvalue weighted by molar-refractivity contribution is 6.53. The number of ether oxygens (including phenoxy) is 2. The minimum absolute atomic E-state index is 0.117. The van der Waals surface area contributed by atoms with Crippen molar-refractivity contribution in [3.8, 4) is 5.75 Å². The highest BCUT2D eigenvalue weighted by Gasteiger charge is 2.39. The number of rotatable bonds is 9. The fourth-order valence-electron chi connectivity index (χ4n) is 3.52. The van der Waals surface area contributed by atoms with E-state index in [0.29, 0.717) is 28.6 Å². The van der Waals surface area contributed by atoms with Gasteiger partial charge in [0.15, 0.2) is 0 Å². The van der Waals surface area contributed by atoms with E-state index in [4.69, 9.17) is 32.7 Å². The first-order valence-electron chi connectivity index (χ1n) is 11.7. The van der Waals surface area contributed by atoms with Crippen LogP contribution in [0.5, 0.6) is 5.75 Å². The number of esters is 2. The van der Waals surface area contributed by atoms with Crippen molar-refractivity contribution in [1.82, 2.24) is 0 Å². The maximum absolute atomic E-state index is 13.1. The molecule has 0 fully saturated rings. The van der Waals surface area contributed by atoms with Crippen molar-refractivity contribution in [2.75, 3.05) is 16.8 Å². The molecule has 10 heteroatoms. The van der Waals surface area contributed by atoms with Crippen LogP contribution in [0.4, 0.5) is 11.4 Å². The Morgan fingerprint density at radius 3 is 2.18 bits per heavy atom. The quantitative estimate of drug-likeness (QED) is 0.151. The van der Waals surface area contributed by atoms with E-state index in [1.165, 1.54) is 42.5 Å². The molecular weight excluding hydrogens is 531 g/mol. The van der Waals surface area contributed by atoms with E-state index >= 15 is 0 Å². The molecule has 3 aromatic carbocycles. The Hall–Kier alpha value is -4.14. The van der Waals surface area contributed by atoms with Crippen LogP contribution in [0.3, 0.4) is 0 Å². The number of imide groups is 1. The van der Waals surface area contributed by atoms with Crippen molar-refractivity contribution in [3.05, 3.63) is 99.7 Å². The summed E-state index contributed by atoms with van der Waals surface area (Å²) in [5.41, 5.74) is 1.12. The standard InChI is InChI=1S/C28H22Cl2N2O6/c1-2-3-15-37-27(35)17-9-13-21(14-10-17)32-25(33)23(30)24(26(32)34)31-20-11-7-18(8-12-20)28(36)38-22-6-4-5-19(29)16-22/h4-14,16,31H,2-3,15H2,1H3. The molecule has 1 N–H and O–H groups in total. The first kappa shape index (κ1) is 26.9. The van der Waals surface area contributed by atoms with Gasteiger partial charge in [0.25, 0.3) is 11.8 Å². The van der Waals surface area contributed by atoms with Gasteiger partial charge < -0.3 is 14.8 Å². The number of benzene rings is 3. The highest BCUT2D eigenvalue weighted by atomic mass is 35.5.